The van der Waals surface area contributed by atoms with Crippen molar-refractivity contribution >= 4 is 16.8 Å². The highest BCUT2D eigenvalue weighted by molar-refractivity contribution is 6.06. The predicted octanol–water partition coefficient (Wildman–Crippen LogP) is 1.56. The second-order valence-corrected chi connectivity index (χ2v) is 6.79. The summed E-state index contributed by atoms with van der Waals surface area (Å²) in [6.45, 7) is 5.57. The van der Waals surface area contributed by atoms with Gasteiger partial charge in [0.25, 0.3) is 5.91 Å². The van der Waals surface area contributed by atoms with Crippen LogP contribution in [0.5, 0.6) is 0 Å². The van der Waals surface area contributed by atoms with Crippen molar-refractivity contribution in [3.8, 4) is 0 Å². The van der Waals surface area contributed by atoms with Crippen molar-refractivity contribution in [2.45, 2.75) is 25.8 Å². The van der Waals surface area contributed by atoms with E-state index in [2.05, 4.69) is 33.2 Å². The standard InChI is InChI=1S/C18H27N5O/c1-13-15-7-4-8-16(18(24)20-10-11-22(2)3)17(15)21-23(13)14-6-5-9-19-12-14/h4,7-8,14,19H,5-6,9-12H2,1-3H3,(H,20,24). The third-order valence-electron chi connectivity index (χ3n) is 4.68. The van der Waals surface area contributed by atoms with Crippen LogP contribution in [0.25, 0.3) is 10.9 Å². The third-order valence-corrected chi connectivity index (χ3v) is 4.68. The van der Waals surface area contributed by atoms with Gasteiger partial charge in [-0.15, -0.1) is 0 Å². The van der Waals surface area contributed by atoms with Gasteiger partial charge in [-0.1, -0.05) is 12.1 Å². The van der Waals surface area contributed by atoms with Crippen molar-refractivity contribution in [2.75, 3.05) is 40.3 Å². The van der Waals surface area contributed by atoms with E-state index in [4.69, 9.17) is 5.10 Å². The number of nitrogens with zero attached hydrogens (tertiary/aromatic N) is 3. The van der Waals surface area contributed by atoms with Crippen LogP contribution in [0, 0.1) is 6.92 Å². The minimum absolute atomic E-state index is 0.0473. The number of piperidine rings is 1. The van der Waals surface area contributed by atoms with Crippen LogP contribution in [0.3, 0.4) is 0 Å². The van der Waals surface area contributed by atoms with Crippen molar-refractivity contribution in [2.24, 2.45) is 0 Å². The molecule has 6 nitrogen and oxygen atoms in total. The molecule has 1 amide bonds. The summed E-state index contributed by atoms with van der Waals surface area (Å²) in [7, 11) is 3.99. The lowest BCUT2D eigenvalue weighted by atomic mass is 10.1. The summed E-state index contributed by atoms with van der Waals surface area (Å²) in [5.74, 6) is -0.0473. The normalized spacial score (nSPS) is 18.2. The lowest BCUT2D eigenvalue weighted by molar-refractivity contribution is 0.0952. The molecular formula is C18H27N5O. The molecule has 1 aromatic heterocycles. The highest BCUT2D eigenvalue weighted by Crippen LogP contribution is 2.26. The van der Waals surface area contributed by atoms with Crippen molar-refractivity contribution in [1.29, 1.82) is 0 Å². The van der Waals surface area contributed by atoms with Gasteiger partial charge >= 0.3 is 0 Å². The first kappa shape index (κ1) is 16.9. The molecule has 6 heteroatoms. The molecule has 2 aromatic rings. The number of nitrogens with one attached hydrogen (secondary N) is 2. The molecule has 24 heavy (non-hydrogen) atoms. The molecule has 0 aliphatic carbocycles. The molecule has 1 aromatic carbocycles. The summed E-state index contributed by atoms with van der Waals surface area (Å²) in [6.07, 6.45) is 2.30. The Morgan fingerprint density at radius 3 is 3.00 bits per heavy atom. The first-order valence-corrected chi connectivity index (χ1v) is 8.69. The van der Waals surface area contributed by atoms with Gasteiger partial charge < -0.3 is 15.5 Å². The van der Waals surface area contributed by atoms with Crippen LogP contribution in [0.2, 0.25) is 0 Å². The Kier molecular flexibility index (Phi) is 5.16. The van der Waals surface area contributed by atoms with E-state index in [9.17, 15) is 4.79 Å². The fourth-order valence-corrected chi connectivity index (χ4v) is 3.32. The lowest BCUT2D eigenvalue weighted by Gasteiger charge is -2.24. The van der Waals surface area contributed by atoms with Crippen LogP contribution in [-0.4, -0.2) is 60.9 Å². The Balaban J connectivity index is 1.88. The summed E-state index contributed by atoms with van der Waals surface area (Å²) >= 11 is 0. The molecule has 3 rings (SSSR count). The minimum atomic E-state index is -0.0473. The lowest BCUT2D eigenvalue weighted by Crippen LogP contribution is -2.32. The largest absolute Gasteiger partial charge is 0.351 e. The van der Waals surface area contributed by atoms with Gasteiger partial charge in [0.2, 0.25) is 0 Å². The third kappa shape index (κ3) is 3.44. The van der Waals surface area contributed by atoms with E-state index in [1.807, 2.05) is 26.2 Å². The van der Waals surface area contributed by atoms with E-state index < -0.39 is 0 Å². The molecule has 0 bridgehead atoms. The predicted molar refractivity (Wildman–Crippen MR) is 96.5 cm³/mol. The Bertz CT molecular complexity index is 716. The number of fused-ring (bicyclic) bond motifs is 1. The number of likely N-dealkylation sites (N-methyl/N-ethyl adjacent to an activating group) is 1. The van der Waals surface area contributed by atoms with Crippen molar-refractivity contribution in [3.05, 3.63) is 29.5 Å². The maximum atomic E-state index is 12.5. The van der Waals surface area contributed by atoms with E-state index in [1.165, 1.54) is 0 Å². The average molecular weight is 329 g/mol. The number of amides is 1. The molecule has 1 unspecified atom stereocenters. The minimum Gasteiger partial charge on any atom is -0.351 e. The zero-order valence-electron chi connectivity index (χ0n) is 14.8. The Hall–Kier alpha value is -1.92. The number of hydrogen-bond donors (Lipinski definition) is 2. The second kappa shape index (κ2) is 7.32. The fraction of sp³-hybridized carbons (Fsp3) is 0.556. The van der Waals surface area contributed by atoms with Crippen LogP contribution in [0.1, 0.15) is 34.9 Å². The van der Waals surface area contributed by atoms with E-state index in [0.717, 1.165) is 49.1 Å². The maximum Gasteiger partial charge on any atom is 0.253 e. The van der Waals surface area contributed by atoms with Crippen molar-refractivity contribution < 1.29 is 4.79 Å². The molecular weight excluding hydrogens is 302 g/mol. The molecule has 1 saturated heterocycles. The summed E-state index contributed by atoms with van der Waals surface area (Å²) in [4.78, 5) is 14.6. The van der Waals surface area contributed by atoms with Gasteiger partial charge in [0.05, 0.1) is 11.6 Å². The number of hydrogen-bond acceptors (Lipinski definition) is 4. The molecule has 130 valence electrons. The van der Waals surface area contributed by atoms with Crippen molar-refractivity contribution in [1.82, 2.24) is 25.3 Å². The fourth-order valence-electron chi connectivity index (χ4n) is 3.32. The SMILES string of the molecule is Cc1c2cccc(C(=O)NCCN(C)C)c2nn1C1CCCNC1. The molecule has 1 aliphatic rings. The molecule has 0 radical (unpaired) electrons. The Labute approximate surface area is 143 Å². The van der Waals surface area contributed by atoms with Gasteiger partial charge in [0.15, 0.2) is 0 Å². The number of carbonyl (C=O) groups excluding carboxylic acids is 1. The molecule has 2 N–H and O–H groups in total. The second-order valence-electron chi connectivity index (χ2n) is 6.79. The van der Waals surface area contributed by atoms with Crippen LogP contribution in [0.4, 0.5) is 0 Å². The number of aryl methyl sites for hydroxylation is 1. The first-order valence-electron chi connectivity index (χ1n) is 8.69. The van der Waals surface area contributed by atoms with Gasteiger partial charge in [-0.2, -0.15) is 5.10 Å². The first-order chi connectivity index (χ1) is 11.6. The van der Waals surface area contributed by atoms with E-state index in [1.54, 1.807) is 0 Å². The quantitative estimate of drug-likeness (QED) is 0.874. The topological polar surface area (TPSA) is 62.2 Å². The van der Waals surface area contributed by atoms with Crippen LogP contribution < -0.4 is 10.6 Å². The Morgan fingerprint density at radius 1 is 1.46 bits per heavy atom. The van der Waals surface area contributed by atoms with E-state index in [0.29, 0.717) is 18.2 Å². The van der Waals surface area contributed by atoms with E-state index >= 15 is 0 Å². The smallest absolute Gasteiger partial charge is 0.253 e. The molecule has 0 saturated carbocycles. The Morgan fingerprint density at radius 2 is 2.29 bits per heavy atom. The zero-order valence-corrected chi connectivity index (χ0v) is 14.8. The monoisotopic (exact) mass is 329 g/mol. The molecule has 2 heterocycles. The molecule has 1 aliphatic heterocycles. The molecule has 0 spiro atoms. The van der Waals surface area contributed by atoms with Gasteiger partial charge in [0.1, 0.15) is 5.52 Å². The van der Waals surface area contributed by atoms with Gasteiger partial charge in [-0.3, -0.25) is 9.48 Å². The number of benzene rings is 1. The summed E-state index contributed by atoms with van der Waals surface area (Å²) in [5, 5.41) is 12.3. The van der Waals surface area contributed by atoms with Gasteiger partial charge in [0, 0.05) is 30.7 Å². The molecule has 1 fully saturated rings. The summed E-state index contributed by atoms with van der Waals surface area (Å²) < 4.78 is 2.10. The number of rotatable bonds is 5. The van der Waals surface area contributed by atoms with Crippen LogP contribution in [0.15, 0.2) is 18.2 Å². The van der Waals surface area contributed by atoms with Crippen LogP contribution in [-0.2, 0) is 0 Å². The van der Waals surface area contributed by atoms with Gasteiger partial charge in [-0.25, -0.2) is 0 Å². The number of carbonyl (C=O) groups is 1. The number of aromatic nitrogens is 2. The highest BCUT2D eigenvalue weighted by Gasteiger charge is 2.21. The summed E-state index contributed by atoms with van der Waals surface area (Å²) in [5.41, 5.74) is 2.61. The highest BCUT2D eigenvalue weighted by atomic mass is 16.1. The average Bonchev–Trinajstić information content (AvgIpc) is 2.92. The van der Waals surface area contributed by atoms with Crippen LogP contribution >= 0.6 is 0 Å². The maximum absolute atomic E-state index is 12.5. The zero-order chi connectivity index (χ0) is 17.1. The molecule has 1 atom stereocenters. The van der Waals surface area contributed by atoms with Crippen molar-refractivity contribution in [3.63, 3.8) is 0 Å². The van der Waals surface area contributed by atoms with E-state index in [-0.39, 0.29) is 5.91 Å². The van der Waals surface area contributed by atoms with Gasteiger partial charge in [-0.05, 0) is 46.5 Å². The summed E-state index contributed by atoms with van der Waals surface area (Å²) in [6, 6.07) is 6.24.